The Bertz CT molecular complexity index is 867. The number of aromatic nitrogens is 4. The van der Waals surface area contributed by atoms with Crippen LogP contribution in [0.3, 0.4) is 0 Å². The van der Waals surface area contributed by atoms with Crippen molar-refractivity contribution in [1.29, 1.82) is 0 Å². The second kappa shape index (κ2) is 9.25. The molecular weight excluding hydrogens is 366 g/mol. The summed E-state index contributed by atoms with van der Waals surface area (Å²) < 4.78 is 0. The number of aliphatic hydroxyl groups excluding tert-OH is 1. The van der Waals surface area contributed by atoms with Gasteiger partial charge >= 0.3 is 0 Å². The number of nitrogens with one attached hydrogen (secondary N) is 1. The molecule has 3 rings (SSSR count). The Morgan fingerprint density at radius 1 is 1.15 bits per heavy atom. The lowest BCUT2D eigenvalue weighted by Gasteiger charge is -2.15. The summed E-state index contributed by atoms with van der Waals surface area (Å²) in [5.74, 6) is 0.152. The molecule has 7 nitrogen and oxygen atoms in total. The number of carbonyl (C=O) groups excluding carboxylic acids is 1. The van der Waals surface area contributed by atoms with Crippen molar-refractivity contribution < 1.29 is 9.90 Å². The van der Waals surface area contributed by atoms with Crippen molar-refractivity contribution >= 4 is 17.5 Å². The van der Waals surface area contributed by atoms with Crippen molar-refractivity contribution in [2.24, 2.45) is 5.92 Å². The van der Waals surface area contributed by atoms with Crippen LogP contribution in [-0.2, 0) is 17.8 Å². The van der Waals surface area contributed by atoms with Gasteiger partial charge in [-0.15, -0.1) is 10.2 Å². The molecule has 3 aromatic rings. The molecule has 0 fully saturated rings. The summed E-state index contributed by atoms with van der Waals surface area (Å²) in [7, 11) is 0. The summed E-state index contributed by atoms with van der Waals surface area (Å²) >= 11 is 5.88. The van der Waals surface area contributed by atoms with Crippen LogP contribution >= 0.6 is 11.6 Å². The predicted molar refractivity (Wildman–Crippen MR) is 102 cm³/mol. The molecule has 0 saturated heterocycles. The molecule has 0 radical (unpaired) electrons. The molecule has 1 atom stereocenters. The lowest BCUT2D eigenvalue weighted by atomic mass is 10.00. The maximum Gasteiger partial charge on any atom is 0.243 e. The van der Waals surface area contributed by atoms with Crippen LogP contribution in [-0.4, -0.2) is 44.4 Å². The zero-order valence-electron chi connectivity index (χ0n) is 14.6. The van der Waals surface area contributed by atoms with E-state index in [4.69, 9.17) is 11.6 Å². The molecule has 1 heterocycles. The van der Waals surface area contributed by atoms with Crippen molar-refractivity contribution in [2.75, 3.05) is 13.2 Å². The van der Waals surface area contributed by atoms with Crippen molar-refractivity contribution in [3.05, 3.63) is 65.2 Å². The molecule has 0 aliphatic carbocycles. The topological polar surface area (TPSA) is 92.9 Å². The maximum atomic E-state index is 12.1. The molecule has 2 aromatic carbocycles. The molecule has 0 aliphatic rings. The van der Waals surface area contributed by atoms with Crippen molar-refractivity contribution in [2.45, 2.75) is 13.0 Å². The Kier molecular flexibility index (Phi) is 6.51. The molecular formula is C19H20ClN5O2. The highest BCUT2D eigenvalue weighted by molar-refractivity contribution is 6.30. The number of aliphatic hydroxyl groups is 1. The third-order valence-corrected chi connectivity index (χ3v) is 4.31. The Balaban J connectivity index is 1.50. The van der Waals surface area contributed by atoms with Crippen LogP contribution in [0.1, 0.15) is 5.56 Å². The van der Waals surface area contributed by atoms with Crippen molar-refractivity contribution in [3.63, 3.8) is 0 Å². The zero-order chi connectivity index (χ0) is 19.1. The van der Waals surface area contributed by atoms with Crippen molar-refractivity contribution in [1.82, 2.24) is 25.5 Å². The smallest absolute Gasteiger partial charge is 0.243 e. The number of hydrogen-bond acceptors (Lipinski definition) is 5. The van der Waals surface area contributed by atoms with Gasteiger partial charge in [0.05, 0.1) is 0 Å². The molecule has 2 N–H and O–H groups in total. The van der Waals surface area contributed by atoms with E-state index in [0.29, 0.717) is 23.8 Å². The van der Waals surface area contributed by atoms with Gasteiger partial charge in [0.25, 0.3) is 0 Å². The Labute approximate surface area is 162 Å². The lowest BCUT2D eigenvalue weighted by molar-refractivity contribution is -0.122. The van der Waals surface area contributed by atoms with Crippen LogP contribution < -0.4 is 5.32 Å². The van der Waals surface area contributed by atoms with E-state index in [0.717, 1.165) is 11.1 Å². The largest absolute Gasteiger partial charge is 0.396 e. The van der Waals surface area contributed by atoms with Gasteiger partial charge in [0.2, 0.25) is 11.7 Å². The van der Waals surface area contributed by atoms with E-state index < -0.39 is 0 Å². The van der Waals surface area contributed by atoms with Crippen LogP contribution in [0.2, 0.25) is 5.02 Å². The lowest BCUT2D eigenvalue weighted by Crippen LogP contribution is -2.34. The van der Waals surface area contributed by atoms with Gasteiger partial charge in [0, 0.05) is 29.7 Å². The van der Waals surface area contributed by atoms with Crippen LogP contribution in [0.4, 0.5) is 0 Å². The minimum Gasteiger partial charge on any atom is -0.396 e. The van der Waals surface area contributed by atoms with E-state index in [2.05, 4.69) is 20.7 Å². The quantitative estimate of drug-likeness (QED) is 0.618. The molecule has 27 heavy (non-hydrogen) atoms. The fourth-order valence-corrected chi connectivity index (χ4v) is 2.74. The summed E-state index contributed by atoms with van der Waals surface area (Å²) in [6, 6.07) is 16.9. The van der Waals surface area contributed by atoms with Gasteiger partial charge < -0.3 is 10.4 Å². The van der Waals surface area contributed by atoms with Gasteiger partial charge in [-0.3, -0.25) is 4.79 Å². The standard InChI is InChI=1S/C19H20ClN5O2/c20-17-8-6-14(7-9-17)10-15(13-26)11-21-18(27)12-25-23-19(22-24-25)16-4-2-1-3-5-16/h1-9,15,26H,10-13H2,(H,21,27)/t15-/m1/s1. The molecule has 0 saturated carbocycles. The summed E-state index contributed by atoms with van der Waals surface area (Å²) in [6.07, 6.45) is 0.647. The fourth-order valence-electron chi connectivity index (χ4n) is 2.61. The van der Waals surface area contributed by atoms with Crippen LogP contribution in [0.5, 0.6) is 0 Å². The number of halogens is 1. The molecule has 8 heteroatoms. The zero-order valence-corrected chi connectivity index (χ0v) is 15.4. The first-order valence-corrected chi connectivity index (χ1v) is 8.97. The van der Waals surface area contributed by atoms with Gasteiger partial charge in [-0.2, -0.15) is 4.80 Å². The Hall–Kier alpha value is -2.77. The number of tetrazole rings is 1. The number of carbonyl (C=O) groups is 1. The Morgan fingerprint density at radius 2 is 1.89 bits per heavy atom. The van der Waals surface area contributed by atoms with E-state index in [1.165, 1.54) is 4.80 Å². The van der Waals surface area contributed by atoms with Gasteiger partial charge in [-0.1, -0.05) is 54.1 Å². The maximum absolute atomic E-state index is 12.1. The first-order valence-electron chi connectivity index (χ1n) is 8.59. The van der Waals surface area contributed by atoms with E-state index >= 15 is 0 Å². The number of benzene rings is 2. The number of amides is 1. The van der Waals surface area contributed by atoms with Crippen LogP contribution in [0.25, 0.3) is 11.4 Å². The molecule has 1 amide bonds. The summed E-state index contributed by atoms with van der Waals surface area (Å²) in [4.78, 5) is 13.4. The van der Waals surface area contributed by atoms with E-state index in [-0.39, 0.29) is 25.0 Å². The van der Waals surface area contributed by atoms with E-state index in [9.17, 15) is 9.90 Å². The SMILES string of the molecule is O=C(Cn1nnc(-c2ccccc2)n1)NC[C@H](CO)Cc1ccc(Cl)cc1. The summed E-state index contributed by atoms with van der Waals surface area (Å²) in [6.45, 7) is 0.305. The highest BCUT2D eigenvalue weighted by atomic mass is 35.5. The average Bonchev–Trinajstić information content (AvgIpc) is 3.16. The monoisotopic (exact) mass is 385 g/mol. The van der Waals surface area contributed by atoms with Gasteiger partial charge in [0.1, 0.15) is 6.54 Å². The first-order chi connectivity index (χ1) is 13.1. The summed E-state index contributed by atoms with van der Waals surface area (Å²) in [5, 5.41) is 25.1. The van der Waals surface area contributed by atoms with Crippen LogP contribution in [0.15, 0.2) is 54.6 Å². The highest BCUT2D eigenvalue weighted by Crippen LogP contribution is 2.13. The van der Waals surface area contributed by atoms with Gasteiger partial charge in [-0.25, -0.2) is 0 Å². The average molecular weight is 386 g/mol. The summed E-state index contributed by atoms with van der Waals surface area (Å²) in [5.41, 5.74) is 1.89. The fraction of sp³-hybridized carbons (Fsp3) is 0.263. The normalized spacial score (nSPS) is 11.9. The third kappa shape index (κ3) is 5.60. The molecule has 0 aliphatic heterocycles. The van der Waals surface area contributed by atoms with E-state index in [1.54, 1.807) is 0 Å². The molecule has 0 bridgehead atoms. The second-order valence-corrected chi connectivity index (χ2v) is 6.63. The van der Waals surface area contributed by atoms with Gasteiger partial charge in [0.15, 0.2) is 0 Å². The van der Waals surface area contributed by atoms with Gasteiger partial charge in [-0.05, 0) is 29.3 Å². The number of hydrogen-bond donors (Lipinski definition) is 2. The molecule has 140 valence electrons. The third-order valence-electron chi connectivity index (χ3n) is 4.05. The molecule has 1 aromatic heterocycles. The molecule has 0 unspecified atom stereocenters. The second-order valence-electron chi connectivity index (χ2n) is 6.19. The highest BCUT2D eigenvalue weighted by Gasteiger charge is 2.13. The van der Waals surface area contributed by atoms with E-state index in [1.807, 2.05) is 54.6 Å². The predicted octanol–water partition coefficient (Wildman–Crippen LogP) is 1.96. The Morgan fingerprint density at radius 3 is 2.59 bits per heavy atom. The number of nitrogens with zero attached hydrogens (tertiary/aromatic N) is 4. The van der Waals surface area contributed by atoms with Crippen LogP contribution in [0, 0.1) is 5.92 Å². The van der Waals surface area contributed by atoms with Crippen molar-refractivity contribution in [3.8, 4) is 11.4 Å². The molecule has 0 spiro atoms. The minimum absolute atomic E-state index is 0.0252. The first kappa shape index (κ1) is 19.0. The minimum atomic E-state index is -0.235. The number of rotatable bonds is 8.